The summed E-state index contributed by atoms with van der Waals surface area (Å²) in [5.74, 6) is 1.52. The van der Waals surface area contributed by atoms with Crippen LogP contribution in [0.25, 0.3) is 0 Å². The third-order valence-electron chi connectivity index (χ3n) is 4.72. The molecule has 0 fully saturated rings. The predicted octanol–water partition coefficient (Wildman–Crippen LogP) is 2.89. The highest BCUT2D eigenvalue weighted by Crippen LogP contribution is 2.31. The number of amides is 1. The van der Waals surface area contributed by atoms with Crippen molar-refractivity contribution in [2.24, 2.45) is 5.92 Å². The van der Waals surface area contributed by atoms with Crippen LogP contribution in [0.4, 0.5) is 5.69 Å². The van der Waals surface area contributed by atoms with Crippen LogP contribution in [0.2, 0.25) is 0 Å². The topological polar surface area (TPSA) is 50.8 Å². The van der Waals surface area contributed by atoms with Gasteiger partial charge in [-0.2, -0.15) is 0 Å². The van der Waals surface area contributed by atoms with Crippen molar-refractivity contribution < 1.29 is 14.3 Å². The third-order valence-corrected chi connectivity index (χ3v) is 4.72. The quantitative estimate of drug-likeness (QED) is 0.777. The molecule has 5 nitrogen and oxygen atoms in total. The Balaban J connectivity index is 1.43. The number of carbonyl (C=O) groups is 1. The van der Waals surface area contributed by atoms with Gasteiger partial charge in [0.15, 0.2) is 0 Å². The molecular weight excluding hydrogens is 328 g/mol. The molecular formula is C21H26N2O3. The summed E-state index contributed by atoms with van der Waals surface area (Å²) in [6.07, 6.45) is 1.60. The fourth-order valence-corrected chi connectivity index (χ4v) is 3.13. The third kappa shape index (κ3) is 4.48. The van der Waals surface area contributed by atoms with Crippen LogP contribution in [-0.4, -0.2) is 39.8 Å². The molecule has 1 aliphatic rings. The van der Waals surface area contributed by atoms with Crippen molar-refractivity contribution in [3.05, 3.63) is 54.1 Å². The normalized spacial score (nSPS) is 15.5. The molecule has 0 aromatic heterocycles. The first-order valence-corrected chi connectivity index (χ1v) is 9.01. The van der Waals surface area contributed by atoms with E-state index in [4.69, 9.17) is 9.47 Å². The lowest BCUT2D eigenvalue weighted by Crippen LogP contribution is -2.38. The SMILES string of the molecule is COc1ccc2c(c1)OC[C@@H](C(=O)NCCCN(C)c1ccccc1)C2. The second-order valence-corrected chi connectivity index (χ2v) is 6.59. The highest BCUT2D eigenvalue weighted by molar-refractivity contribution is 5.79. The number of ether oxygens (including phenoxy) is 2. The average Bonchev–Trinajstić information content (AvgIpc) is 2.70. The Kier molecular flexibility index (Phi) is 6.00. The molecule has 0 radical (unpaired) electrons. The van der Waals surface area contributed by atoms with Crippen LogP contribution in [0.5, 0.6) is 11.5 Å². The van der Waals surface area contributed by atoms with Crippen LogP contribution in [0.3, 0.4) is 0 Å². The van der Waals surface area contributed by atoms with Crippen molar-refractivity contribution in [3.8, 4) is 11.5 Å². The summed E-state index contributed by atoms with van der Waals surface area (Å²) in [5, 5.41) is 3.04. The Morgan fingerprint density at radius 3 is 2.85 bits per heavy atom. The number of hydrogen-bond acceptors (Lipinski definition) is 4. The van der Waals surface area contributed by atoms with Crippen LogP contribution in [0.15, 0.2) is 48.5 Å². The number of methoxy groups -OCH3 is 1. The fraction of sp³-hybridized carbons (Fsp3) is 0.381. The lowest BCUT2D eigenvalue weighted by molar-refractivity contribution is -0.126. The smallest absolute Gasteiger partial charge is 0.226 e. The molecule has 0 saturated carbocycles. The van der Waals surface area contributed by atoms with E-state index in [-0.39, 0.29) is 11.8 Å². The highest BCUT2D eigenvalue weighted by atomic mass is 16.5. The summed E-state index contributed by atoms with van der Waals surface area (Å²) in [4.78, 5) is 14.6. The number of anilines is 1. The summed E-state index contributed by atoms with van der Waals surface area (Å²) in [6.45, 7) is 1.98. The summed E-state index contributed by atoms with van der Waals surface area (Å²) in [6, 6.07) is 16.0. The zero-order valence-electron chi connectivity index (χ0n) is 15.4. The van der Waals surface area contributed by atoms with E-state index in [0.717, 1.165) is 30.0 Å². The Hall–Kier alpha value is -2.69. The van der Waals surface area contributed by atoms with Crippen LogP contribution in [0, 0.1) is 5.92 Å². The molecule has 1 atom stereocenters. The van der Waals surface area contributed by atoms with E-state index >= 15 is 0 Å². The maximum absolute atomic E-state index is 12.4. The number of nitrogens with zero attached hydrogens (tertiary/aromatic N) is 1. The molecule has 2 aromatic rings. The van der Waals surface area contributed by atoms with E-state index in [1.165, 1.54) is 5.69 Å². The lowest BCUT2D eigenvalue weighted by Gasteiger charge is -2.25. The van der Waals surface area contributed by atoms with E-state index in [1.807, 2.05) is 36.4 Å². The van der Waals surface area contributed by atoms with Gasteiger partial charge in [0.05, 0.1) is 13.0 Å². The molecule has 0 aliphatic carbocycles. The minimum atomic E-state index is -0.136. The van der Waals surface area contributed by atoms with Crippen LogP contribution in [0.1, 0.15) is 12.0 Å². The maximum atomic E-state index is 12.4. The Bertz CT molecular complexity index is 733. The van der Waals surface area contributed by atoms with Gasteiger partial charge in [0.1, 0.15) is 18.1 Å². The van der Waals surface area contributed by atoms with E-state index in [0.29, 0.717) is 19.6 Å². The summed E-state index contributed by atoms with van der Waals surface area (Å²) < 4.78 is 11.0. The number of fused-ring (bicyclic) bond motifs is 1. The van der Waals surface area contributed by atoms with Gasteiger partial charge in [0, 0.05) is 31.9 Å². The summed E-state index contributed by atoms with van der Waals surface area (Å²) >= 11 is 0. The van der Waals surface area contributed by atoms with Gasteiger partial charge in [0.25, 0.3) is 0 Å². The minimum absolute atomic E-state index is 0.0637. The number of rotatable bonds is 7. The van der Waals surface area contributed by atoms with E-state index < -0.39 is 0 Å². The molecule has 5 heteroatoms. The summed E-state index contributed by atoms with van der Waals surface area (Å²) in [7, 11) is 3.70. The van der Waals surface area contributed by atoms with E-state index in [2.05, 4.69) is 29.4 Å². The van der Waals surface area contributed by atoms with Crippen LogP contribution in [-0.2, 0) is 11.2 Å². The van der Waals surface area contributed by atoms with Gasteiger partial charge >= 0.3 is 0 Å². The zero-order valence-corrected chi connectivity index (χ0v) is 15.4. The molecule has 0 bridgehead atoms. The molecule has 3 rings (SSSR count). The van der Waals surface area contributed by atoms with Gasteiger partial charge in [0.2, 0.25) is 5.91 Å². The average molecular weight is 354 g/mol. The first kappa shape index (κ1) is 18.1. The monoisotopic (exact) mass is 354 g/mol. The standard InChI is InChI=1S/C21H26N2O3/c1-23(18-7-4-3-5-8-18)12-6-11-22-21(24)17-13-16-9-10-19(25-2)14-20(16)26-15-17/h3-5,7-10,14,17H,6,11-13,15H2,1-2H3,(H,22,24)/t17-/m0/s1. The van der Waals surface area contributed by atoms with Gasteiger partial charge in [-0.25, -0.2) is 0 Å². The first-order valence-electron chi connectivity index (χ1n) is 9.01. The molecule has 1 aliphatic heterocycles. The number of para-hydroxylation sites is 1. The minimum Gasteiger partial charge on any atom is -0.497 e. The van der Waals surface area contributed by atoms with Crippen molar-refractivity contribution in [1.29, 1.82) is 0 Å². The van der Waals surface area contributed by atoms with Crippen molar-refractivity contribution in [1.82, 2.24) is 5.32 Å². The van der Waals surface area contributed by atoms with Gasteiger partial charge in [-0.1, -0.05) is 24.3 Å². The Labute approximate surface area is 154 Å². The van der Waals surface area contributed by atoms with E-state index in [1.54, 1.807) is 7.11 Å². The summed E-state index contributed by atoms with van der Waals surface area (Å²) in [5.41, 5.74) is 2.24. The first-order chi connectivity index (χ1) is 12.7. The Morgan fingerprint density at radius 1 is 1.27 bits per heavy atom. The molecule has 0 saturated heterocycles. The largest absolute Gasteiger partial charge is 0.497 e. The second kappa shape index (κ2) is 8.61. The molecule has 0 spiro atoms. The molecule has 1 N–H and O–H groups in total. The van der Waals surface area contributed by atoms with Crippen LogP contribution < -0.4 is 19.7 Å². The second-order valence-electron chi connectivity index (χ2n) is 6.59. The van der Waals surface area contributed by atoms with Gasteiger partial charge in [-0.3, -0.25) is 4.79 Å². The molecule has 1 heterocycles. The van der Waals surface area contributed by atoms with Crippen molar-refractivity contribution in [2.45, 2.75) is 12.8 Å². The number of benzene rings is 2. The molecule has 2 aromatic carbocycles. The van der Waals surface area contributed by atoms with E-state index in [9.17, 15) is 4.79 Å². The molecule has 1 amide bonds. The Morgan fingerprint density at radius 2 is 2.08 bits per heavy atom. The van der Waals surface area contributed by atoms with Gasteiger partial charge < -0.3 is 19.7 Å². The zero-order chi connectivity index (χ0) is 18.4. The molecule has 0 unspecified atom stereocenters. The molecule has 26 heavy (non-hydrogen) atoms. The van der Waals surface area contributed by atoms with Crippen molar-refractivity contribution >= 4 is 11.6 Å². The van der Waals surface area contributed by atoms with Gasteiger partial charge in [-0.15, -0.1) is 0 Å². The lowest BCUT2D eigenvalue weighted by atomic mass is 9.96. The highest BCUT2D eigenvalue weighted by Gasteiger charge is 2.26. The van der Waals surface area contributed by atoms with Crippen molar-refractivity contribution in [2.75, 3.05) is 38.8 Å². The van der Waals surface area contributed by atoms with Gasteiger partial charge in [-0.05, 0) is 36.6 Å². The predicted molar refractivity (Wildman–Crippen MR) is 103 cm³/mol. The number of carbonyl (C=O) groups excluding carboxylic acids is 1. The van der Waals surface area contributed by atoms with Crippen LogP contribution >= 0.6 is 0 Å². The van der Waals surface area contributed by atoms with Crippen molar-refractivity contribution in [3.63, 3.8) is 0 Å². The number of hydrogen-bond donors (Lipinski definition) is 1. The number of nitrogens with one attached hydrogen (secondary N) is 1. The maximum Gasteiger partial charge on any atom is 0.226 e. The fourth-order valence-electron chi connectivity index (χ4n) is 3.13. The molecule has 138 valence electrons.